The van der Waals surface area contributed by atoms with Gasteiger partial charge in [-0.1, -0.05) is 35.3 Å². The molecular weight excluding hydrogens is 492 g/mol. The van der Waals surface area contributed by atoms with Gasteiger partial charge >= 0.3 is 0 Å². The Morgan fingerprint density at radius 1 is 1.14 bits per heavy atom. The van der Waals surface area contributed by atoms with Crippen molar-refractivity contribution in [3.8, 4) is 5.69 Å². The zero-order valence-corrected chi connectivity index (χ0v) is 20.3. The molecular formula is C25H24Cl2FN5O2. The van der Waals surface area contributed by atoms with Crippen LogP contribution in [0.1, 0.15) is 40.2 Å². The number of hydrogen-bond donors (Lipinski definition) is 3. The highest BCUT2D eigenvalue weighted by Crippen LogP contribution is 2.33. The molecule has 3 aromatic rings. The number of nitrogens with zero attached hydrogens (tertiary/aromatic N) is 3. The number of hydrazine groups is 1. The lowest BCUT2D eigenvalue weighted by Gasteiger charge is -2.29. The minimum absolute atomic E-state index is 0.286. The predicted octanol–water partition coefficient (Wildman–Crippen LogP) is 4.06. The highest BCUT2D eigenvalue weighted by atomic mass is 35.5. The van der Waals surface area contributed by atoms with E-state index in [0.29, 0.717) is 54.8 Å². The molecule has 0 atom stereocenters. The summed E-state index contributed by atoms with van der Waals surface area (Å²) < 4.78 is 15.1. The van der Waals surface area contributed by atoms with E-state index in [1.54, 1.807) is 40.0 Å². The Morgan fingerprint density at radius 2 is 1.89 bits per heavy atom. The van der Waals surface area contributed by atoms with Crippen LogP contribution in [0.2, 0.25) is 10.0 Å². The van der Waals surface area contributed by atoms with Crippen LogP contribution in [0, 0.1) is 5.82 Å². The first-order chi connectivity index (χ1) is 16.9. The van der Waals surface area contributed by atoms with Gasteiger partial charge in [0.2, 0.25) is 0 Å². The molecule has 1 fully saturated rings. The van der Waals surface area contributed by atoms with Crippen molar-refractivity contribution < 1.29 is 14.3 Å². The Labute approximate surface area is 212 Å². The third kappa shape index (κ3) is 5.12. The first-order valence-electron chi connectivity index (χ1n) is 11.4. The Balaban J connectivity index is 1.58. The number of nitrogens with one attached hydrogen (secondary N) is 2. The summed E-state index contributed by atoms with van der Waals surface area (Å²) in [6.07, 6.45) is 2.80. The number of halogens is 3. The lowest BCUT2D eigenvalue weighted by molar-refractivity contribution is 0.0463. The molecule has 0 spiro atoms. The zero-order valence-electron chi connectivity index (χ0n) is 18.8. The van der Waals surface area contributed by atoms with Gasteiger partial charge in [-0.15, -0.1) is 0 Å². The second-order valence-electron chi connectivity index (χ2n) is 8.67. The van der Waals surface area contributed by atoms with Gasteiger partial charge in [-0.25, -0.2) is 14.1 Å². The highest BCUT2D eigenvalue weighted by molar-refractivity contribution is 6.35. The van der Waals surface area contributed by atoms with Gasteiger partial charge in [0.25, 0.3) is 5.91 Å². The average molecular weight is 516 g/mol. The van der Waals surface area contributed by atoms with E-state index in [4.69, 9.17) is 28.3 Å². The first kappa shape index (κ1) is 24.0. The van der Waals surface area contributed by atoms with Crippen molar-refractivity contribution in [2.75, 3.05) is 19.6 Å². The lowest BCUT2D eigenvalue weighted by atomic mass is 9.99. The van der Waals surface area contributed by atoms with E-state index in [0.717, 1.165) is 22.4 Å². The number of hydrogen-bond acceptors (Lipinski definition) is 5. The minimum atomic E-state index is -0.342. The second kappa shape index (κ2) is 10.1. The zero-order chi connectivity index (χ0) is 24.5. The smallest absolute Gasteiger partial charge is 0.286 e. The largest absolute Gasteiger partial charge is 0.393 e. The number of aromatic nitrogens is 2. The van der Waals surface area contributed by atoms with Crippen LogP contribution >= 0.6 is 23.2 Å². The maximum atomic E-state index is 13.4. The number of carbonyl (C=O) groups excluding carboxylic acids is 1. The third-order valence-electron chi connectivity index (χ3n) is 6.19. The fourth-order valence-electron chi connectivity index (χ4n) is 4.42. The topological polar surface area (TPSA) is 82.4 Å². The molecule has 182 valence electrons. The second-order valence-corrected chi connectivity index (χ2v) is 9.51. The standard InChI is InChI=1S/C25H24Cl2FN5O2/c26-17-3-6-22(21(27)12-17)33-24-16(11-15-1-4-18(28)5-2-15)13-29-14-20(24)23(30-33)25(35)31-32-9-7-19(34)8-10-32/h1-6,11-12,19,29,34H,7-10,13-14H2,(H,31,35). The predicted molar refractivity (Wildman–Crippen MR) is 134 cm³/mol. The van der Waals surface area contributed by atoms with Crippen LogP contribution in [0.4, 0.5) is 4.39 Å². The monoisotopic (exact) mass is 515 g/mol. The van der Waals surface area contributed by atoms with Gasteiger partial charge in [-0.05, 0) is 60.4 Å². The molecule has 0 unspecified atom stereocenters. The summed E-state index contributed by atoms with van der Waals surface area (Å²) >= 11 is 12.7. The number of carbonyl (C=O) groups is 1. The number of aliphatic hydroxyl groups excluding tert-OH is 1. The molecule has 2 aliphatic rings. The maximum absolute atomic E-state index is 13.4. The molecule has 3 heterocycles. The van der Waals surface area contributed by atoms with Gasteiger partial charge in [0, 0.05) is 36.8 Å². The molecule has 35 heavy (non-hydrogen) atoms. The van der Waals surface area contributed by atoms with Crippen molar-refractivity contribution in [3.05, 3.63) is 80.8 Å². The fraction of sp³-hybridized carbons (Fsp3) is 0.280. The summed E-state index contributed by atoms with van der Waals surface area (Å²) in [5.41, 5.74) is 7.02. The molecule has 1 aromatic heterocycles. The number of fused-ring (bicyclic) bond motifs is 1. The molecule has 0 saturated carbocycles. The van der Waals surface area contributed by atoms with Gasteiger partial charge in [0.1, 0.15) is 5.82 Å². The molecule has 2 aromatic carbocycles. The van der Waals surface area contributed by atoms with Gasteiger partial charge in [-0.2, -0.15) is 5.10 Å². The van der Waals surface area contributed by atoms with Gasteiger partial charge < -0.3 is 10.4 Å². The van der Waals surface area contributed by atoms with Crippen molar-refractivity contribution in [3.63, 3.8) is 0 Å². The quantitative estimate of drug-likeness (QED) is 0.488. The van der Waals surface area contributed by atoms with E-state index in [9.17, 15) is 14.3 Å². The van der Waals surface area contributed by atoms with Crippen molar-refractivity contribution in [1.29, 1.82) is 0 Å². The van der Waals surface area contributed by atoms with Crippen LogP contribution in [-0.2, 0) is 6.54 Å². The van der Waals surface area contributed by atoms with E-state index in [1.807, 2.05) is 6.08 Å². The minimum Gasteiger partial charge on any atom is -0.393 e. The van der Waals surface area contributed by atoms with Crippen molar-refractivity contribution >= 4 is 40.8 Å². The normalized spacial score (nSPS) is 18.0. The molecule has 3 N–H and O–H groups in total. The SMILES string of the molecule is O=C(NN1CCC(O)CC1)c1nn(-c2ccc(Cl)cc2Cl)c2c1CNCC2=Cc1ccc(F)cc1. The van der Waals surface area contributed by atoms with E-state index in [2.05, 4.69) is 10.7 Å². The lowest BCUT2D eigenvalue weighted by Crippen LogP contribution is -2.48. The van der Waals surface area contributed by atoms with E-state index >= 15 is 0 Å². The Bertz CT molecular complexity index is 1280. The first-order valence-corrected chi connectivity index (χ1v) is 12.1. The van der Waals surface area contributed by atoms with Crippen LogP contribution in [0.5, 0.6) is 0 Å². The van der Waals surface area contributed by atoms with E-state index in [-0.39, 0.29) is 23.5 Å². The van der Waals surface area contributed by atoms with Crippen LogP contribution in [0.15, 0.2) is 42.5 Å². The summed E-state index contributed by atoms with van der Waals surface area (Å²) in [6.45, 7) is 2.11. The Kier molecular flexibility index (Phi) is 6.91. The fourth-order valence-corrected chi connectivity index (χ4v) is 4.91. The summed E-state index contributed by atoms with van der Waals surface area (Å²) in [7, 11) is 0. The van der Waals surface area contributed by atoms with Gasteiger partial charge in [0.15, 0.2) is 5.69 Å². The van der Waals surface area contributed by atoms with Crippen molar-refractivity contribution in [2.45, 2.75) is 25.5 Å². The number of piperidine rings is 1. The molecule has 2 aliphatic heterocycles. The molecule has 1 saturated heterocycles. The third-order valence-corrected chi connectivity index (χ3v) is 6.73. The van der Waals surface area contributed by atoms with Gasteiger partial charge in [0.05, 0.1) is 22.5 Å². The maximum Gasteiger partial charge on any atom is 0.286 e. The molecule has 0 radical (unpaired) electrons. The molecule has 7 nitrogen and oxygen atoms in total. The van der Waals surface area contributed by atoms with Gasteiger partial charge in [-0.3, -0.25) is 10.2 Å². The summed E-state index contributed by atoms with van der Waals surface area (Å²) in [4.78, 5) is 13.3. The van der Waals surface area contributed by atoms with E-state index in [1.165, 1.54) is 12.1 Å². The molecule has 1 amide bonds. The number of amides is 1. The number of aliphatic hydroxyl groups is 1. The Hall–Kier alpha value is -2.75. The molecule has 5 rings (SSSR count). The summed E-state index contributed by atoms with van der Waals surface area (Å²) in [5, 5.41) is 20.5. The van der Waals surface area contributed by atoms with Crippen LogP contribution in [0.3, 0.4) is 0 Å². The molecule has 0 aliphatic carbocycles. The highest BCUT2D eigenvalue weighted by Gasteiger charge is 2.30. The summed E-state index contributed by atoms with van der Waals surface area (Å²) in [5.74, 6) is -0.636. The number of benzene rings is 2. The molecule has 0 bridgehead atoms. The van der Waals surface area contributed by atoms with Crippen LogP contribution < -0.4 is 10.7 Å². The van der Waals surface area contributed by atoms with Crippen molar-refractivity contribution in [1.82, 2.24) is 25.5 Å². The Morgan fingerprint density at radius 3 is 2.60 bits per heavy atom. The average Bonchev–Trinajstić information content (AvgIpc) is 3.23. The van der Waals surface area contributed by atoms with Crippen LogP contribution in [-0.4, -0.2) is 51.5 Å². The van der Waals surface area contributed by atoms with Crippen LogP contribution in [0.25, 0.3) is 17.3 Å². The number of rotatable bonds is 4. The van der Waals surface area contributed by atoms with Crippen molar-refractivity contribution in [2.24, 2.45) is 0 Å². The molecule has 10 heteroatoms. The van der Waals surface area contributed by atoms with E-state index < -0.39 is 0 Å². The summed E-state index contributed by atoms with van der Waals surface area (Å²) in [6, 6.07) is 11.3.